The number of rotatable bonds is 9. The molecule has 0 saturated carbocycles. The fraction of sp³-hybridized carbons (Fsp3) is 0.364. The van der Waals surface area contributed by atoms with E-state index in [2.05, 4.69) is 10.0 Å². The molecule has 0 saturated heterocycles. The highest BCUT2D eigenvalue weighted by molar-refractivity contribution is 7.92. The minimum absolute atomic E-state index is 0.00148. The van der Waals surface area contributed by atoms with Gasteiger partial charge in [-0.2, -0.15) is 0 Å². The molecule has 0 bridgehead atoms. The van der Waals surface area contributed by atoms with Crippen molar-refractivity contribution in [3.63, 3.8) is 0 Å². The Balaban J connectivity index is 1.59. The summed E-state index contributed by atoms with van der Waals surface area (Å²) in [6.07, 6.45) is 0.536. The van der Waals surface area contributed by atoms with Crippen molar-refractivity contribution in [2.24, 2.45) is 0 Å². The number of hydrogen-bond acceptors (Lipinski definition) is 6. The van der Waals surface area contributed by atoms with Crippen LogP contribution in [0.4, 0.5) is 11.4 Å². The predicted molar refractivity (Wildman–Crippen MR) is 119 cm³/mol. The summed E-state index contributed by atoms with van der Waals surface area (Å²) in [5.74, 6) is 0.641. The van der Waals surface area contributed by atoms with Gasteiger partial charge in [-0.15, -0.1) is 0 Å². The van der Waals surface area contributed by atoms with Gasteiger partial charge in [0.1, 0.15) is 13.2 Å². The molecule has 0 aliphatic carbocycles. The minimum atomic E-state index is -3.44. The third-order valence-electron chi connectivity index (χ3n) is 4.79. The van der Waals surface area contributed by atoms with E-state index >= 15 is 0 Å². The number of Topliss-reactive ketones (excluding diaryl/α,β-unsaturated/α-hetero) is 1. The van der Waals surface area contributed by atoms with Gasteiger partial charge < -0.3 is 14.8 Å². The summed E-state index contributed by atoms with van der Waals surface area (Å²) in [5.41, 5.74) is 1.97. The van der Waals surface area contributed by atoms with Crippen LogP contribution in [-0.2, 0) is 14.8 Å². The number of benzene rings is 2. The van der Waals surface area contributed by atoms with Gasteiger partial charge >= 0.3 is 0 Å². The topological polar surface area (TPSA) is 111 Å². The average Bonchev–Trinajstić information content (AvgIpc) is 2.74. The van der Waals surface area contributed by atoms with Gasteiger partial charge in [-0.1, -0.05) is 13.0 Å². The largest absolute Gasteiger partial charge is 0.486 e. The molecule has 0 atom stereocenters. The maximum atomic E-state index is 12.5. The molecule has 3 rings (SSSR count). The third-order valence-corrected chi connectivity index (χ3v) is 6.27. The fourth-order valence-electron chi connectivity index (χ4n) is 3.17. The molecular formula is C22H26N2O6S. The zero-order valence-corrected chi connectivity index (χ0v) is 18.4. The van der Waals surface area contributed by atoms with Gasteiger partial charge in [-0.25, -0.2) is 8.42 Å². The quantitative estimate of drug-likeness (QED) is 0.570. The van der Waals surface area contributed by atoms with Crippen LogP contribution in [0.5, 0.6) is 11.5 Å². The lowest BCUT2D eigenvalue weighted by Crippen LogP contribution is -2.18. The predicted octanol–water partition coefficient (Wildman–Crippen LogP) is 3.52. The Kier molecular flexibility index (Phi) is 7.17. The highest BCUT2D eigenvalue weighted by Crippen LogP contribution is 2.31. The molecule has 0 radical (unpaired) electrons. The number of ketones is 1. The van der Waals surface area contributed by atoms with E-state index in [4.69, 9.17) is 9.47 Å². The molecule has 31 heavy (non-hydrogen) atoms. The summed E-state index contributed by atoms with van der Waals surface area (Å²) in [6, 6.07) is 9.97. The van der Waals surface area contributed by atoms with Gasteiger partial charge in [-0.3, -0.25) is 14.3 Å². The van der Waals surface area contributed by atoms with Crippen molar-refractivity contribution < 1.29 is 27.5 Å². The standard InChI is InChI=1S/C22H26N2O6S/c1-3-13-31(27,28)24-18-6-4-5-17(15(18)2)23-22(26)10-8-19(25)16-7-9-20-21(14-16)30-12-11-29-20/h4-7,9,14,24H,3,8,10-13H2,1-2H3,(H,23,26). The molecule has 1 aliphatic heterocycles. The Morgan fingerprint density at radius 1 is 1.00 bits per heavy atom. The molecule has 0 unspecified atom stereocenters. The van der Waals surface area contributed by atoms with Crippen LogP contribution in [0.25, 0.3) is 0 Å². The van der Waals surface area contributed by atoms with Gasteiger partial charge in [0.15, 0.2) is 17.3 Å². The Labute approximate surface area is 182 Å². The SMILES string of the molecule is CCCS(=O)(=O)Nc1cccc(NC(=O)CCC(=O)c2ccc3c(c2)OCCO3)c1C. The summed E-state index contributed by atoms with van der Waals surface area (Å²) >= 11 is 0. The van der Waals surface area contributed by atoms with Gasteiger partial charge in [0, 0.05) is 24.1 Å². The van der Waals surface area contributed by atoms with E-state index in [1.54, 1.807) is 50.2 Å². The Morgan fingerprint density at radius 2 is 1.71 bits per heavy atom. The summed E-state index contributed by atoms with van der Waals surface area (Å²) in [4.78, 5) is 24.9. The fourth-order valence-corrected chi connectivity index (χ4v) is 4.37. The number of carbonyl (C=O) groups excluding carboxylic acids is 2. The molecule has 1 heterocycles. The summed E-state index contributed by atoms with van der Waals surface area (Å²) in [7, 11) is -3.44. The number of nitrogens with one attached hydrogen (secondary N) is 2. The number of amides is 1. The average molecular weight is 447 g/mol. The van der Waals surface area contributed by atoms with E-state index in [9.17, 15) is 18.0 Å². The molecule has 0 spiro atoms. The van der Waals surface area contributed by atoms with Crippen molar-refractivity contribution in [3.05, 3.63) is 47.5 Å². The number of fused-ring (bicyclic) bond motifs is 1. The van der Waals surface area contributed by atoms with Crippen LogP contribution < -0.4 is 19.5 Å². The van der Waals surface area contributed by atoms with Gasteiger partial charge in [-0.05, 0) is 49.2 Å². The van der Waals surface area contributed by atoms with Crippen molar-refractivity contribution in [2.45, 2.75) is 33.1 Å². The second kappa shape index (κ2) is 9.82. The molecule has 2 N–H and O–H groups in total. The molecular weight excluding hydrogens is 420 g/mol. The smallest absolute Gasteiger partial charge is 0.232 e. The highest BCUT2D eigenvalue weighted by Gasteiger charge is 2.17. The zero-order chi connectivity index (χ0) is 22.4. The Morgan fingerprint density at radius 3 is 2.45 bits per heavy atom. The molecule has 0 fully saturated rings. The molecule has 0 aromatic heterocycles. The van der Waals surface area contributed by atoms with Crippen molar-refractivity contribution >= 4 is 33.1 Å². The molecule has 166 valence electrons. The molecule has 2 aromatic carbocycles. The molecule has 2 aromatic rings. The van der Waals surface area contributed by atoms with E-state index in [-0.39, 0.29) is 30.3 Å². The van der Waals surface area contributed by atoms with Crippen molar-refractivity contribution in [2.75, 3.05) is 29.0 Å². The molecule has 8 nitrogen and oxygen atoms in total. The van der Waals surface area contributed by atoms with Crippen LogP contribution >= 0.6 is 0 Å². The number of ether oxygens (including phenoxy) is 2. The lowest BCUT2D eigenvalue weighted by molar-refractivity contribution is -0.116. The lowest BCUT2D eigenvalue weighted by atomic mass is 10.1. The van der Waals surface area contributed by atoms with Crippen molar-refractivity contribution in [1.29, 1.82) is 0 Å². The number of hydrogen-bond donors (Lipinski definition) is 2. The number of sulfonamides is 1. The van der Waals surface area contributed by atoms with E-state index in [0.29, 0.717) is 53.6 Å². The first-order valence-electron chi connectivity index (χ1n) is 10.1. The Bertz CT molecular complexity index is 1080. The molecule has 1 amide bonds. The van der Waals surface area contributed by atoms with Gasteiger partial charge in [0.05, 0.1) is 11.4 Å². The van der Waals surface area contributed by atoms with Crippen LogP contribution in [0.3, 0.4) is 0 Å². The normalized spacial score (nSPS) is 12.8. The van der Waals surface area contributed by atoms with Gasteiger partial charge in [0.2, 0.25) is 15.9 Å². The van der Waals surface area contributed by atoms with E-state index in [1.807, 2.05) is 0 Å². The first-order valence-corrected chi connectivity index (χ1v) is 11.8. The Hall–Kier alpha value is -3.07. The molecule has 9 heteroatoms. The first-order chi connectivity index (χ1) is 14.8. The molecule has 1 aliphatic rings. The van der Waals surface area contributed by atoms with E-state index in [0.717, 1.165) is 0 Å². The zero-order valence-electron chi connectivity index (χ0n) is 17.6. The summed E-state index contributed by atoms with van der Waals surface area (Å²) in [6.45, 7) is 4.41. The van der Waals surface area contributed by atoms with Gasteiger partial charge in [0.25, 0.3) is 0 Å². The lowest BCUT2D eigenvalue weighted by Gasteiger charge is -2.18. The highest BCUT2D eigenvalue weighted by atomic mass is 32.2. The van der Waals surface area contributed by atoms with Crippen LogP contribution in [0, 0.1) is 6.92 Å². The van der Waals surface area contributed by atoms with Crippen molar-refractivity contribution in [1.82, 2.24) is 0 Å². The van der Waals surface area contributed by atoms with Crippen LogP contribution in [0.2, 0.25) is 0 Å². The van der Waals surface area contributed by atoms with E-state index in [1.165, 1.54) is 0 Å². The number of carbonyl (C=O) groups is 2. The summed E-state index contributed by atoms with van der Waals surface area (Å²) in [5, 5.41) is 2.75. The van der Waals surface area contributed by atoms with Crippen molar-refractivity contribution in [3.8, 4) is 11.5 Å². The second-order valence-electron chi connectivity index (χ2n) is 7.23. The minimum Gasteiger partial charge on any atom is -0.486 e. The van der Waals surface area contributed by atoms with Crippen LogP contribution in [0.15, 0.2) is 36.4 Å². The maximum Gasteiger partial charge on any atom is 0.232 e. The van der Waals surface area contributed by atoms with Crippen LogP contribution in [0.1, 0.15) is 42.1 Å². The van der Waals surface area contributed by atoms with Crippen LogP contribution in [-0.4, -0.2) is 39.1 Å². The van der Waals surface area contributed by atoms with E-state index < -0.39 is 10.0 Å². The first kappa shape index (κ1) is 22.6. The monoisotopic (exact) mass is 446 g/mol. The maximum absolute atomic E-state index is 12.5. The second-order valence-corrected chi connectivity index (χ2v) is 9.07. The third kappa shape index (κ3) is 5.97. The number of anilines is 2. The summed E-state index contributed by atoms with van der Waals surface area (Å²) < 4.78 is 37.5.